The molecule has 1 fully saturated rings. The minimum Gasteiger partial charge on any atom is -0.484 e. The molecule has 2 rings (SSSR count). The van der Waals surface area contributed by atoms with Crippen LogP contribution in [-0.4, -0.2) is 47.1 Å². The highest BCUT2D eigenvalue weighted by Crippen LogP contribution is 2.26. The number of halogens is 2. The fraction of sp³-hybridized carbons (Fsp3) is 0.429. The van der Waals surface area contributed by atoms with Crippen LogP contribution in [0.2, 0.25) is 10.0 Å². The van der Waals surface area contributed by atoms with Crippen LogP contribution in [0.5, 0.6) is 5.75 Å². The second-order valence-electron chi connectivity index (χ2n) is 5.18. The van der Waals surface area contributed by atoms with Gasteiger partial charge in [0.25, 0.3) is 11.8 Å². The summed E-state index contributed by atoms with van der Waals surface area (Å²) in [6.07, 6.45) is 0.748. The van der Waals surface area contributed by atoms with Gasteiger partial charge in [0.1, 0.15) is 5.75 Å². The number of amides is 2. The predicted molar refractivity (Wildman–Crippen MR) is 81.9 cm³/mol. The highest BCUT2D eigenvalue weighted by Gasteiger charge is 2.40. The normalized spacial score (nSPS) is 21.5. The molecule has 0 saturated carbocycles. The van der Waals surface area contributed by atoms with Crippen molar-refractivity contribution in [1.82, 2.24) is 4.90 Å². The fourth-order valence-electron chi connectivity index (χ4n) is 2.25. The van der Waals surface area contributed by atoms with E-state index in [1.54, 1.807) is 12.1 Å². The van der Waals surface area contributed by atoms with Crippen molar-refractivity contribution in [3.8, 4) is 5.75 Å². The van der Waals surface area contributed by atoms with Gasteiger partial charge in [0.05, 0.1) is 16.6 Å². The first-order valence-corrected chi connectivity index (χ1v) is 7.45. The third kappa shape index (κ3) is 3.82. The van der Waals surface area contributed by atoms with Gasteiger partial charge < -0.3 is 20.5 Å². The van der Waals surface area contributed by atoms with E-state index < -0.39 is 11.5 Å². The number of β-amino-alcohol motifs (C(OH)–C–C–N with tert-alkyl or cyclic N) is 1. The summed E-state index contributed by atoms with van der Waals surface area (Å²) < 4.78 is 5.35. The maximum absolute atomic E-state index is 12.1. The van der Waals surface area contributed by atoms with Gasteiger partial charge in [-0.3, -0.25) is 9.59 Å². The van der Waals surface area contributed by atoms with Gasteiger partial charge in [0.15, 0.2) is 12.2 Å². The number of primary amides is 1. The SMILES string of the molecule is NC(=O)[C@]1(O)CCCN(C(=O)COc2ccc(Cl)c(Cl)c2)C1. The first-order valence-electron chi connectivity index (χ1n) is 6.70. The Labute approximate surface area is 137 Å². The topological polar surface area (TPSA) is 92.9 Å². The van der Waals surface area contributed by atoms with Crippen LogP contribution in [0.25, 0.3) is 0 Å². The number of aliphatic hydroxyl groups is 1. The van der Waals surface area contributed by atoms with Gasteiger partial charge in [0.2, 0.25) is 0 Å². The van der Waals surface area contributed by atoms with E-state index in [4.69, 9.17) is 33.7 Å². The van der Waals surface area contributed by atoms with Crippen molar-refractivity contribution in [2.75, 3.05) is 19.7 Å². The van der Waals surface area contributed by atoms with Crippen molar-refractivity contribution in [3.63, 3.8) is 0 Å². The lowest BCUT2D eigenvalue weighted by atomic mass is 9.92. The predicted octanol–water partition coefficient (Wildman–Crippen LogP) is 1.21. The Balaban J connectivity index is 1.94. The maximum atomic E-state index is 12.1. The first-order chi connectivity index (χ1) is 10.3. The molecule has 1 aliphatic rings. The summed E-state index contributed by atoms with van der Waals surface area (Å²) >= 11 is 11.7. The van der Waals surface area contributed by atoms with Crippen LogP contribution in [0.15, 0.2) is 18.2 Å². The van der Waals surface area contributed by atoms with Gasteiger partial charge in [-0.05, 0) is 25.0 Å². The Hall–Kier alpha value is -1.50. The molecule has 0 radical (unpaired) electrons. The molecule has 1 heterocycles. The summed E-state index contributed by atoms with van der Waals surface area (Å²) in [6.45, 7) is 0.0951. The van der Waals surface area contributed by atoms with Gasteiger partial charge in [-0.1, -0.05) is 23.2 Å². The lowest BCUT2D eigenvalue weighted by molar-refractivity contribution is -0.150. The molecule has 1 saturated heterocycles. The third-order valence-electron chi connectivity index (χ3n) is 3.54. The lowest BCUT2D eigenvalue weighted by Gasteiger charge is -2.36. The molecule has 1 aromatic carbocycles. The van der Waals surface area contributed by atoms with Gasteiger partial charge >= 0.3 is 0 Å². The van der Waals surface area contributed by atoms with Crippen LogP contribution in [0.4, 0.5) is 0 Å². The lowest BCUT2D eigenvalue weighted by Crippen LogP contribution is -2.57. The van der Waals surface area contributed by atoms with Crippen LogP contribution in [0.1, 0.15) is 12.8 Å². The molecule has 120 valence electrons. The number of ether oxygens (including phenoxy) is 1. The van der Waals surface area contributed by atoms with Crippen molar-refractivity contribution in [1.29, 1.82) is 0 Å². The molecule has 1 atom stereocenters. The Morgan fingerprint density at radius 2 is 2.09 bits per heavy atom. The van der Waals surface area contributed by atoms with E-state index in [0.29, 0.717) is 28.8 Å². The van der Waals surface area contributed by atoms with E-state index in [-0.39, 0.29) is 25.5 Å². The Bertz CT molecular complexity index is 596. The molecule has 1 aliphatic heterocycles. The van der Waals surface area contributed by atoms with E-state index in [1.807, 2.05) is 0 Å². The number of benzene rings is 1. The van der Waals surface area contributed by atoms with E-state index in [0.717, 1.165) is 0 Å². The van der Waals surface area contributed by atoms with Crippen molar-refractivity contribution in [2.24, 2.45) is 5.73 Å². The van der Waals surface area contributed by atoms with Crippen molar-refractivity contribution < 1.29 is 19.4 Å². The largest absolute Gasteiger partial charge is 0.484 e. The van der Waals surface area contributed by atoms with Gasteiger partial charge in [0, 0.05) is 12.6 Å². The molecular weight excluding hydrogens is 331 g/mol. The third-order valence-corrected chi connectivity index (χ3v) is 4.27. The number of hydrogen-bond acceptors (Lipinski definition) is 4. The average Bonchev–Trinajstić information content (AvgIpc) is 2.48. The van der Waals surface area contributed by atoms with Crippen LogP contribution in [0.3, 0.4) is 0 Å². The molecule has 22 heavy (non-hydrogen) atoms. The molecule has 8 heteroatoms. The molecule has 2 amide bonds. The average molecular weight is 347 g/mol. The smallest absolute Gasteiger partial charge is 0.260 e. The highest BCUT2D eigenvalue weighted by molar-refractivity contribution is 6.42. The monoisotopic (exact) mass is 346 g/mol. The molecular formula is C14H16Cl2N2O4. The summed E-state index contributed by atoms with van der Waals surface area (Å²) in [6, 6.07) is 4.67. The van der Waals surface area contributed by atoms with E-state index in [9.17, 15) is 14.7 Å². The zero-order valence-electron chi connectivity index (χ0n) is 11.7. The summed E-state index contributed by atoms with van der Waals surface area (Å²) in [4.78, 5) is 24.7. The minimum atomic E-state index is -1.67. The number of carbonyl (C=O) groups excluding carboxylic acids is 2. The van der Waals surface area contributed by atoms with E-state index >= 15 is 0 Å². The number of nitrogens with two attached hydrogens (primary N) is 1. The summed E-state index contributed by atoms with van der Waals surface area (Å²) in [5.41, 5.74) is 3.51. The Kier molecular flexibility index (Phi) is 5.16. The molecule has 6 nitrogen and oxygen atoms in total. The molecule has 1 aromatic rings. The summed E-state index contributed by atoms with van der Waals surface area (Å²) in [5.74, 6) is -0.759. The van der Waals surface area contributed by atoms with E-state index in [2.05, 4.69) is 0 Å². The fourth-order valence-corrected chi connectivity index (χ4v) is 2.54. The maximum Gasteiger partial charge on any atom is 0.260 e. The molecule has 0 aromatic heterocycles. The van der Waals surface area contributed by atoms with Gasteiger partial charge in [-0.2, -0.15) is 0 Å². The van der Waals surface area contributed by atoms with Crippen molar-refractivity contribution in [3.05, 3.63) is 28.2 Å². The molecule has 0 unspecified atom stereocenters. The number of hydrogen-bond donors (Lipinski definition) is 2. The number of piperidine rings is 1. The molecule has 3 N–H and O–H groups in total. The number of nitrogens with zero attached hydrogens (tertiary/aromatic N) is 1. The van der Waals surface area contributed by atoms with Crippen molar-refractivity contribution >= 4 is 35.0 Å². The number of likely N-dealkylation sites (tertiary alicyclic amines) is 1. The van der Waals surface area contributed by atoms with Crippen LogP contribution < -0.4 is 10.5 Å². The molecule has 0 aliphatic carbocycles. The Morgan fingerprint density at radius 3 is 2.73 bits per heavy atom. The standard InChI is InChI=1S/C14H16Cl2N2O4/c15-10-3-2-9(6-11(10)16)22-7-12(19)18-5-1-4-14(21,8-18)13(17)20/h2-3,6,21H,1,4-5,7-8H2,(H2,17,20)/t14-/m0/s1. The summed E-state index contributed by atoms with van der Waals surface area (Å²) in [7, 11) is 0. The quantitative estimate of drug-likeness (QED) is 0.856. The highest BCUT2D eigenvalue weighted by atomic mass is 35.5. The zero-order chi connectivity index (χ0) is 16.3. The van der Waals surface area contributed by atoms with Crippen LogP contribution in [0, 0.1) is 0 Å². The van der Waals surface area contributed by atoms with Crippen molar-refractivity contribution in [2.45, 2.75) is 18.4 Å². The number of carbonyl (C=O) groups is 2. The van der Waals surface area contributed by atoms with Crippen LogP contribution >= 0.6 is 23.2 Å². The Morgan fingerprint density at radius 1 is 1.36 bits per heavy atom. The number of rotatable bonds is 4. The second-order valence-corrected chi connectivity index (χ2v) is 5.99. The first kappa shape index (κ1) is 16.9. The van der Waals surface area contributed by atoms with Crippen LogP contribution in [-0.2, 0) is 9.59 Å². The summed E-state index contributed by atoms with van der Waals surface area (Å²) in [5, 5.41) is 10.8. The molecule has 0 bridgehead atoms. The zero-order valence-corrected chi connectivity index (χ0v) is 13.2. The van der Waals surface area contributed by atoms with E-state index in [1.165, 1.54) is 11.0 Å². The van der Waals surface area contributed by atoms with Gasteiger partial charge in [-0.15, -0.1) is 0 Å². The molecule has 0 spiro atoms. The minimum absolute atomic E-state index is 0.119. The second kappa shape index (κ2) is 6.73. The van der Waals surface area contributed by atoms with Gasteiger partial charge in [-0.25, -0.2) is 0 Å².